The molecule has 3 rings (SSSR count). The van der Waals surface area contributed by atoms with Crippen molar-refractivity contribution in [3.8, 4) is 0 Å². The molecule has 22 heavy (non-hydrogen) atoms. The summed E-state index contributed by atoms with van der Waals surface area (Å²) < 4.78 is 0.795. The number of anilines is 1. The van der Waals surface area contributed by atoms with Gasteiger partial charge in [0.2, 0.25) is 0 Å². The van der Waals surface area contributed by atoms with Gasteiger partial charge in [0.25, 0.3) is 11.8 Å². The zero-order chi connectivity index (χ0) is 15.9. The van der Waals surface area contributed by atoms with Gasteiger partial charge < -0.3 is 10.6 Å². The fourth-order valence-corrected chi connectivity index (χ4v) is 5.26. The molecule has 0 saturated heterocycles. The molecule has 0 spiro atoms. The van der Waals surface area contributed by atoms with Gasteiger partial charge in [-0.25, -0.2) is 0 Å². The van der Waals surface area contributed by atoms with Gasteiger partial charge in [0.15, 0.2) is 0 Å². The first kappa shape index (κ1) is 15.8. The summed E-state index contributed by atoms with van der Waals surface area (Å²) in [6, 6.07) is 1.53. The van der Waals surface area contributed by atoms with Gasteiger partial charge in [0.05, 0.1) is 15.5 Å². The third-order valence-electron chi connectivity index (χ3n) is 3.50. The van der Waals surface area contributed by atoms with Gasteiger partial charge in [-0.15, -0.1) is 22.7 Å². The molecule has 2 aromatic heterocycles. The highest BCUT2D eigenvalue weighted by Crippen LogP contribution is 2.40. The largest absolute Gasteiger partial charge is 0.355 e. The van der Waals surface area contributed by atoms with Gasteiger partial charge in [-0.3, -0.25) is 9.59 Å². The number of halogens is 2. The van der Waals surface area contributed by atoms with E-state index in [0.29, 0.717) is 24.8 Å². The highest BCUT2D eigenvalue weighted by atomic mass is 35.5. The van der Waals surface area contributed by atoms with Crippen molar-refractivity contribution in [1.82, 2.24) is 5.32 Å². The Morgan fingerprint density at radius 2 is 1.95 bits per heavy atom. The van der Waals surface area contributed by atoms with Gasteiger partial charge in [-0.2, -0.15) is 0 Å². The van der Waals surface area contributed by atoms with E-state index in [0.717, 1.165) is 36.2 Å². The Hall–Kier alpha value is -1.08. The number of aryl methyl sites for hydroxylation is 1. The third-order valence-corrected chi connectivity index (χ3v) is 6.20. The Balaban J connectivity index is 1.94. The maximum absolute atomic E-state index is 12.4. The van der Waals surface area contributed by atoms with Crippen LogP contribution < -0.4 is 10.6 Å². The van der Waals surface area contributed by atoms with E-state index in [-0.39, 0.29) is 11.8 Å². The fourth-order valence-electron chi connectivity index (χ4n) is 2.52. The highest BCUT2D eigenvalue weighted by Gasteiger charge is 2.27. The lowest BCUT2D eigenvalue weighted by atomic mass is 10.1. The second kappa shape index (κ2) is 6.20. The molecule has 0 bridgehead atoms. The van der Waals surface area contributed by atoms with E-state index in [1.165, 1.54) is 22.3 Å². The van der Waals surface area contributed by atoms with Crippen LogP contribution in [0.15, 0.2) is 6.07 Å². The van der Waals surface area contributed by atoms with Gasteiger partial charge >= 0.3 is 0 Å². The molecule has 0 aromatic carbocycles. The number of hydrogen-bond donors (Lipinski definition) is 2. The Bertz CT molecular complexity index is 767. The maximum atomic E-state index is 12.4. The minimum atomic E-state index is -0.349. The Morgan fingerprint density at radius 1 is 1.18 bits per heavy atom. The van der Waals surface area contributed by atoms with E-state index < -0.39 is 0 Å². The molecule has 0 aliphatic heterocycles. The highest BCUT2D eigenvalue weighted by molar-refractivity contribution is 7.20. The number of carbonyl (C=O) groups excluding carboxylic acids is 2. The molecule has 8 heteroatoms. The van der Waals surface area contributed by atoms with E-state index in [9.17, 15) is 9.59 Å². The van der Waals surface area contributed by atoms with Gasteiger partial charge in [-0.05, 0) is 30.9 Å². The van der Waals surface area contributed by atoms with Crippen molar-refractivity contribution in [3.05, 3.63) is 36.3 Å². The monoisotopic (exact) mass is 374 g/mol. The molecule has 116 valence electrons. The number of rotatable bonds is 3. The molecule has 2 N–H and O–H groups in total. The van der Waals surface area contributed by atoms with Crippen LogP contribution in [-0.2, 0) is 12.8 Å². The summed E-state index contributed by atoms with van der Waals surface area (Å²) in [6.07, 6.45) is 2.87. The lowest BCUT2D eigenvalue weighted by molar-refractivity contribution is 0.0963. The molecular weight excluding hydrogens is 363 g/mol. The standard InChI is InChI=1S/C14H12Cl2N2O2S2/c1-17-13(20)10-6-3-2-4-8(6)21-14(10)18-12(19)7-5-9(15)22-11(7)16/h5H,2-4H2,1H3,(H,17,20)(H,18,19). The molecule has 0 saturated carbocycles. The minimum Gasteiger partial charge on any atom is -0.355 e. The van der Waals surface area contributed by atoms with E-state index in [4.69, 9.17) is 23.2 Å². The van der Waals surface area contributed by atoms with Gasteiger partial charge in [0.1, 0.15) is 9.34 Å². The van der Waals surface area contributed by atoms with Crippen molar-refractivity contribution >= 4 is 62.7 Å². The van der Waals surface area contributed by atoms with Crippen LogP contribution in [0.5, 0.6) is 0 Å². The number of hydrogen-bond acceptors (Lipinski definition) is 4. The minimum absolute atomic E-state index is 0.177. The number of carbonyl (C=O) groups is 2. The third kappa shape index (κ3) is 2.76. The van der Waals surface area contributed by atoms with Crippen LogP contribution in [0.1, 0.15) is 37.6 Å². The Labute approximate surface area is 145 Å². The topological polar surface area (TPSA) is 58.2 Å². The fraction of sp³-hybridized carbons (Fsp3) is 0.286. The first-order chi connectivity index (χ1) is 10.5. The summed E-state index contributed by atoms with van der Waals surface area (Å²) in [4.78, 5) is 25.7. The molecule has 2 amide bonds. The summed E-state index contributed by atoms with van der Waals surface area (Å²) >= 11 is 14.5. The summed E-state index contributed by atoms with van der Waals surface area (Å²) in [6.45, 7) is 0. The normalized spacial score (nSPS) is 13.0. The van der Waals surface area contributed by atoms with Crippen molar-refractivity contribution in [2.75, 3.05) is 12.4 Å². The number of amides is 2. The van der Waals surface area contributed by atoms with E-state index >= 15 is 0 Å². The average Bonchev–Trinajstić information content (AvgIpc) is 3.12. The second-order valence-electron chi connectivity index (χ2n) is 4.83. The SMILES string of the molecule is CNC(=O)c1c(NC(=O)c2cc(Cl)sc2Cl)sc2c1CCC2. The second-order valence-corrected chi connectivity index (χ2v) is 8.22. The van der Waals surface area contributed by atoms with Gasteiger partial charge in [-0.1, -0.05) is 23.2 Å². The molecule has 0 radical (unpaired) electrons. The van der Waals surface area contributed by atoms with Crippen molar-refractivity contribution in [2.24, 2.45) is 0 Å². The van der Waals surface area contributed by atoms with Crippen LogP contribution in [0, 0.1) is 0 Å². The van der Waals surface area contributed by atoms with Crippen molar-refractivity contribution in [3.63, 3.8) is 0 Å². The van der Waals surface area contributed by atoms with Crippen LogP contribution in [0.2, 0.25) is 8.67 Å². The van der Waals surface area contributed by atoms with E-state index in [1.807, 2.05) is 0 Å². The summed E-state index contributed by atoms with van der Waals surface area (Å²) in [7, 11) is 1.59. The lowest BCUT2D eigenvalue weighted by Crippen LogP contribution is -2.21. The first-order valence-electron chi connectivity index (χ1n) is 6.64. The van der Waals surface area contributed by atoms with Crippen LogP contribution >= 0.6 is 45.9 Å². The number of fused-ring (bicyclic) bond motifs is 1. The van der Waals surface area contributed by atoms with E-state index in [2.05, 4.69) is 10.6 Å². The van der Waals surface area contributed by atoms with Crippen LogP contribution in [0.4, 0.5) is 5.00 Å². The zero-order valence-electron chi connectivity index (χ0n) is 11.6. The maximum Gasteiger partial charge on any atom is 0.258 e. The molecule has 1 aliphatic rings. The quantitative estimate of drug-likeness (QED) is 0.844. The zero-order valence-corrected chi connectivity index (χ0v) is 14.7. The average molecular weight is 375 g/mol. The molecule has 2 aromatic rings. The molecular formula is C14H12Cl2N2O2S2. The first-order valence-corrected chi connectivity index (χ1v) is 9.03. The number of nitrogens with one attached hydrogen (secondary N) is 2. The smallest absolute Gasteiger partial charge is 0.258 e. The predicted octanol–water partition coefficient (Wildman–Crippen LogP) is 4.22. The van der Waals surface area contributed by atoms with Crippen molar-refractivity contribution in [1.29, 1.82) is 0 Å². The van der Waals surface area contributed by atoms with Crippen molar-refractivity contribution in [2.45, 2.75) is 19.3 Å². The molecule has 2 heterocycles. The predicted molar refractivity (Wildman–Crippen MR) is 92.0 cm³/mol. The molecule has 0 fully saturated rings. The van der Waals surface area contributed by atoms with Crippen LogP contribution in [0.3, 0.4) is 0 Å². The van der Waals surface area contributed by atoms with Crippen LogP contribution in [-0.4, -0.2) is 18.9 Å². The molecule has 4 nitrogen and oxygen atoms in total. The Kier molecular flexibility index (Phi) is 4.45. The number of thiophene rings is 2. The van der Waals surface area contributed by atoms with Gasteiger partial charge in [0, 0.05) is 11.9 Å². The lowest BCUT2D eigenvalue weighted by Gasteiger charge is -2.07. The van der Waals surface area contributed by atoms with Crippen LogP contribution in [0.25, 0.3) is 0 Å². The Morgan fingerprint density at radius 3 is 2.59 bits per heavy atom. The van der Waals surface area contributed by atoms with Crippen molar-refractivity contribution < 1.29 is 9.59 Å². The summed E-state index contributed by atoms with van der Waals surface area (Å²) in [5, 5.41) is 6.02. The van der Waals surface area contributed by atoms with E-state index in [1.54, 1.807) is 7.05 Å². The summed E-state index contributed by atoms with van der Waals surface area (Å²) in [5.41, 5.74) is 1.95. The molecule has 1 aliphatic carbocycles. The summed E-state index contributed by atoms with van der Waals surface area (Å²) in [5.74, 6) is -0.526. The molecule has 0 unspecified atom stereocenters. The molecule has 0 atom stereocenters.